The van der Waals surface area contributed by atoms with Gasteiger partial charge in [0, 0.05) is 0 Å². The Balaban J connectivity index is 2.48. The minimum absolute atomic E-state index is 0.356. The summed E-state index contributed by atoms with van der Waals surface area (Å²) in [5, 5.41) is 2.21. The average Bonchev–Trinajstić information content (AvgIpc) is 2.34. The van der Waals surface area contributed by atoms with Crippen molar-refractivity contribution < 1.29 is 0 Å². The summed E-state index contributed by atoms with van der Waals surface area (Å²) in [4.78, 5) is 0. The van der Waals surface area contributed by atoms with Crippen molar-refractivity contribution >= 4 is 30.3 Å². The zero-order valence-corrected chi connectivity index (χ0v) is 9.21. The summed E-state index contributed by atoms with van der Waals surface area (Å²) in [6.45, 7) is 5.75. The molecule has 0 fully saturated rings. The molecule has 0 bridgehead atoms. The van der Waals surface area contributed by atoms with E-state index < -0.39 is 0 Å². The second-order valence-corrected chi connectivity index (χ2v) is 6.82. The number of hydrogen-bond donors (Lipinski definition) is 1. The van der Waals surface area contributed by atoms with Gasteiger partial charge in [0.2, 0.25) is 0 Å². The molecule has 60 valence electrons. The maximum absolute atomic E-state index is 3.49. The predicted molar refractivity (Wildman–Crippen MR) is 50.7 cm³/mol. The molecule has 0 radical (unpaired) electrons. The van der Waals surface area contributed by atoms with Gasteiger partial charge in [-0.15, -0.1) is 0 Å². The number of thiophene rings is 1. The summed E-state index contributed by atoms with van der Waals surface area (Å²) in [6, 6.07) is 2.28. The van der Waals surface area contributed by atoms with E-state index in [1.807, 2.05) is 11.3 Å². The number of hydrogen-bond acceptors (Lipinski definition) is 2. The van der Waals surface area contributed by atoms with Gasteiger partial charge in [-0.1, -0.05) is 0 Å². The summed E-state index contributed by atoms with van der Waals surface area (Å²) in [7, 11) is 0. The van der Waals surface area contributed by atoms with Gasteiger partial charge < -0.3 is 0 Å². The Bertz CT molecular complexity index is 267. The number of nitrogens with one attached hydrogen (secondary N) is 1. The van der Waals surface area contributed by atoms with Crippen LogP contribution in [0.25, 0.3) is 0 Å². The van der Waals surface area contributed by atoms with Gasteiger partial charge in [0.25, 0.3) is 0 Å². The first-order chi connectivity index (χ1) is 5.20. The fourth-order valence-corrected chi connectivity index (χ4v) is 5.20. The van der Waals surface area contributed by atoms with E-state index in [4.69, 9.17) is 0 Å². The second kappa shape index (κ2) is 2.60. The van der Waals surface area contributed by atoms with E-state index in [0.717, 1.165) is 6.54 Å². The zero-order chi connectivity index (χ0) is 7.90. The fraction of sp³-hybridized carbons (Fsp3) is 0.500. The van der Waals surface area contributed by atoms with Gasteiger partial charge in [-0.05, 0) is 0 Å². The van der Waals surface area contributed by atoms with Crippen LogP contribution < -0.4 is 8.11 Å². The van der Waals surface area contributed by atoms with Gasteiger partial charge in [-0.2, -0.15) is 0 Å². The summed E-state index contributed by atoms with van der Waals surface area (Å²) < 4.78 is 5.07. The van der Waals surface area contributed by atoms with E-state index >= 15 is 0 Å². The van der Waals surface area contributed by atoms with E-state index in [0.29, 0.717) is 20.6 Å². The van der Waals surface area contributed by atoms with Crippen LogP contribution in [-0.4, -0.2) is 21.7 Å². The van der Waals surface area contributed by atoms with Crippen LogP contribution >= 0.6 is 11.3 Å². The average molecular weight is 232 g/mol. The molecule has 1 aromatic heterocycles. The third-order valence-electron chi connectivity index (χ3n) is 2.04. The first-order valence-corrected chi connectivity index (χ1v) is 6.27. The quantitative estimate of drug-likeness (QED) is 0.655. The maximum atomic E-state index is 3.49. The zero-order valence-electron chi connectivity index (χ0n) is 6.68. The summed E-state index contributed by atoms with van der Waals surface area (Å²) in [6.07, 6.45) is 0. The molecule has 1 aliphatic rings. The van der Waals surface area contributed by atoms with Crippen LogP contribution in [0.4, 0.5) is 0 Å². The van der Waals surface area contributed by atoms with Crippen molar-refractivity contribution in [2.75, 3.05) is 6.54 Å². The van der Waals surface area contributed by atoms with Gasteiger partial charge in [0.15, 0.2) is 0 Å². The van der Waals surface area contributed by atoms with Crippen LogP contribution in [0.15, 0.2) is 11.4 Å². The first kappa shape index (κ1) is 7.81. The van der Waals surface area contributed by atoms with Crippen LogP contribution in [0.2, 0.25) is 0 Å². The van der Waals surface area contributed by atoms with Gasteiger partial charge in [0.1, 0.15) is 0 Å². The van der Waals surface area contributed by atoms with Crippen LogP contribution in [0.5, 0.6) is 0 Å². The monoisotopic (exact) mass is 233 g/mol. The third kappa shape index (κ3) is 1.27. The summed E-state index contributed by atoms with van der Waals surface area (Å²) >= 11 is 2.43. The molecule has 0 unspecified atom stereocenters. The molecule has 11 heavy (non-hydrogen) atoms. The third-order valence-corrected chi connectivity index (χ3v) is 5.24. The van der Waals surface area contributed by atoms with Crippen molar-refractivity contribution in [1.82, 2.24) is 4.33 Å². The topological polar surface area (TPSA) is 12.0 Å². The Hall–Kier alpha value is 0.179. The van der Waals surface area contributed by atoms with E-state index in [1.165, 1.54) is 0 Å². The SMILES string of the molecule is CC1(C)CN[Se]c2sccc21. The van der Waals surface area contributed by atoms with Crippen molar-refractivity contribution in [1.29, 1.82) is 0 Å². The van der Waals surface area contributed by atoms with Crippen molar-refractivity contribution in [3.63, 3.8) is 0 Å². The molecule has 0 aromatic carbocycles. The molecule has 2 rings (SSSR count). The van der Waals surface area contributed by atoms with Crippen LogP contribution in [0.3, 0.4) is 0 Å². The summed E-state index contributed by atoms with van der Waals surface area (Å²) in [5.41, 5.74) is 1.93. The molecule has 0 spiro atoms. The Kier molecular flexibility index (Phi) is 1.84. The Morgan fingerprint density at radius 3 is 3.18 bits per heavy atom. The first-order valence-electron chi connectivity index (χ1n) is 3.68. The Morgan fingerprint density at radius 1 is 1.64 bits per heavy atom. The van der Waals surface area contributed by atoms with E-state index in [2.05, 4.69) is 29.6 Å². The van der Waals surface area contributed by atoms with Crippen molar-refractivity contribution in [2.45, 2.75) is 19.3 Å². The van der Waals surface area contributed by atoms with Crippen LogP contribution in [0, 0.1) is 0 Å². The molecule has 1 N–H and O–H groups in total. The standard InChI is InChI=1S/C8H11NSSe/c1-8(2)5-9-11-7-6(8)3-4-10-7/h3-4,9H,5H2,1-2H3. The molecule has 2 heterocycles. The minimum atomic E-state index is 0.356. The number of fused-ring (bicyclic) bond motifs is 1. The Labute approximate surface area is 77.6 Å². The van der Waals surface area contributed by atoms with Crippen LogP contribution in [-0.2, 0) is 5.41 Å². The van der Waals surface area contributed by atoms with Gasteiger partial charge in [-0.3, -0.25) is 0 Å². The second-order valence-electron chi connectivity index (χ2n) is 3.43. The molecular weight excluding hydrogens is 221 g/mol. The van der Waals surface area contributed by atoms with Crippen molar-refractivity contribution in [2.24, 2.45) is 0 Å². The molecule has 0 saturated carbocycles. The normalized spacial score (nSPS) is 21.3. The molecule has 0 saturated heterocycles. The van der Waals surface area contributed by atoms with Gasteiger partial charge in [0.05, 0.1) is 0 Å². The predicted octanol–water partition coefficient (Wildman–Crippen LogP) is 0.873. The van der Waals surface area contributed by atoms with Gasteiger partial charge in [-0.25, -0.2) is 0 Å². The van der Waals surface area contributed by atoms with E-state index in [-0.39, 0.29) is 0 Å². The molecule has 3 heteroatoms. The van der Waals surface area contributed by atoms with Gasteiger partial charge >= 0.3 is 77.4 Å². The molecule has 1 aliphatic heterocycles. The van der Waals surface area contributed by atoms with Crippen LogP contribution in [0.1, 0.15) is 19.4 Å². The van der Waals surface area contributed by atoms with E-state index in [9.17, 15) is 0 Å². The molecule has 1 nitrogen and oxygen atoms in total. The summed E-state index contributed by atoms with van der Waals surface area (Å²) in [5.74, 6) is 0. The number of rotatable bonds is 0. The Morgan fingerprint density at radius 2 is 2.45 bits per heavy atom. The van der Waals surface area contributed by atoms with E-state index in [1.54, 1.807) is 9.34 Å². The molecule has 1 aromatic rings. The van der Waals surface area contributed by atoms with Crippen molar-refractivity contribution in [3.05, 3.63) is 17.0 Å². The molecular formula is C8H11NSSe. The molecule has 0 aliphatic carbocycles. The van der Waals surface area contributed by atoms with Crippen molar-refractivity contribution in [3.8, 4) is 0 Å². The molecule has 0 atom stereocenters. The fourth-order valence-electron chi connectivity index (χ4n) is 1.25. The molecule has 0 amide bonds.